The van der Waals surface area contributed by atoms with Crippen molar-refractivity contribution < 1.29 is 14.3 Å². The van der Waals surface area contributed by atoms with E-state index in [2.05, 4.69) is 17.1 Å². The highest BCUT2D eigenvalue weighted by atomic mass is 16.5. The van der Waals surface area contributed by atoms with Crippen LogP contribution in [0.25, 0.3) is 0 Å². The Balaban J connectivity index is 2.60. The van der Waals surface area contributed by atoms with Crippen molar-refractivity contribution in [2.75, 3.05) is 39.9 Å². The first-order valence-corrected chi connectivity index (χ1v) is 7.23. The Bertz CT molecular complexity index is 280. The lowest BCUT2D eigenvalue weighted by molar-refractivity contribution is -0.148. The van der Waals surface area contributed by atoms with Gasteiger partial charge >= 0.3 is 5.97 Å². The van der Waals surface area contributed by atoms with Crippen molar-refractivity contribution in [3.05, 3.63) is 0 Å². The van der Waals surface area contributed by atoms with Crippen LogP contribution in [-0.4, -0.2) is 62.4 Å². The quantitative estimate of drug-likeness (QED) is 0.669. The fraction of sp³-hybridized carbons (Fsp3) is 0.929. The van der Waals surface area contributed by atoms with Crippen molar-refractivity contribution in [3.8, 4) is 0 Å². The smallest absolute Gasteiger partial charge is 0.327 e. The molecular weight excluding hydrogens is 244 g/mol. The number of hydrogen-bond donors (Lipinski definition) is 1. The Morgan fingerprint density at radius 3 is 2.74 bits per heavy atom. The molecule has 0 bridgehead atoms. The normalized spacial score (nSPS) is 22.5. The highest BCUT2D eigenvalue weighted by Gasteiger charge is 2.35. The number of carbonyl (C=O) groups is 1. The highest BCUT2D eigenvalue weighted by molar-refractivity contribution is 5.80. The van der Waals surface area contributed by atoms with Gasteiger partial charge in [0, 0.05) is 19.7 Å². The fourth-order valence-corrected chi connectivity index (χ4v) is 2.64. The fourth-order valence-electron chi connectivity index (χ4n) is 2.64. The third kappa shape index (κ3) is 4.75. The van der Waals surface area contributed by atoms with Gasteiger partial charge in [0.1, 0.15) is 5.54 Å². The highest BCUT2D eigenvalue weighted by Crippen LogP contribution is 2.16. The van der Waals surface area contributed by atoms with Gasteiger partial charge in [0.05, 0.1) is 13.2 Å². The zero-order valence-corrected chi connectivity index (χ0v) is 12.7. The summed E-state index contributed by atoms with van der Waals surface area (Å²) in [7, 11) is 1.44. The second kappa shape index (κ2) is 7.82. The zero-order chi connectivity index (χ0) is 14.3. The minimum absolute atomic E-state index is 0.208. The molecule has 0 spiro atoms. The second-order valence-electron chi connectivity index (χ2n) is 5.32. The lowest BCUT2D eigenvalue weighted by Crippen LogP contribution is -2.58. The molecule has 0 aromatic heterocycles. The summed E-state index contributed by atoms with van der Waals surface area (Å²) in [5.41, 5.74) is -0.655. The summed E-state index contributed by atoms with van der Waals surface area (Å²) < 4.78 is 10.6. The van der Waals surface area contributed by atoms with E-state index in [1.54, 1.807) is 0 Å². The molecule has 2 atom stereocenters. The number of methoxy groups -OCH3 is 1. The van der Waals surface area contributed by atoms with Gasteiger partial charge in [-0.15, -0.1) is 0 Å². The van der Waals surface area contributed by atoms with Gasteiger partial charge in [-0.25, -0.2) is 0 Å². The molecule has 1 fully saturated rings. The third-order valence-electron chi connectivity index (χ3n) is 3.68. The largest absolute Gasteiger partial charge is 0.468 e. The molecule has 1 aliphatic heterocycles. The molecule has 2 unspecified atom stereocenters. The molecule has 112 valence electrons. The predicted octanol–water partition coefficient (Wildman–Crippen LogP) is 1.03. The van der Waals surface area contributed by atoms with Crippen molar-refractivity contribution in [2.45, 2.75) is 45.3 Å². The van der Waals surface area contributed by atoms with Crippen LogP contribution in [0.5, 0.6) is 0 Å². The number of likely N-dealkylation sites (N-methyl/N-ethyl adjacent to an activating group) is 2. The number of ether oxygens (including phenoxy) is 2. The van der Waals surface area contributed by atoms with Crippen LogP contribution < -0.4 is 5.32 Å². The van der Waals surface area contributed by atoms with Gasteiger partial charge < -0.3 is 14.8 Å². The van der Waals surface area contributed by atoms with Crippen molar-refractivity contribution in [3.63, 3.8) is 0 Å². The van der Waals surface area contributed by atoms with E-state index in [0.717, 1.165) is 39.1 Å². The van der Waals surface area contributed by atoms with Gasteiger partial charge in [-0.3, -0.25) is 9.69 Å². The zero-order valence-electron chi connectivity index (χ0n) is 12.7. The number of nitrogens with one attached hydrogen (secondary N) is 1. The Morgan fingerprint density at radius 2 is 2.26 bits per heavy atom. The summed E-state index contributed by atoms with van der Waals surface area (Å²) in [6.07, 6.45) is 2.57. The lowest BCUT2D eigenvalue weighted by atomic mass is 10.0. The second-order valence-corrected chi connectivity index (χ2v) is 5.32. The van der Waals surface area contributed by atoms with Gasteiger partial charge in [-0.1, -0.05) is 13.8 Å². The molecule has 1 N–H and O–H groups in total. The Labute approximate surface area is 116 Å². The molecule has 19 heavy (non-hydrogen) atoms. The van der Waals surface area contributed by atoms with E-state index in [0.29, 0.717) is 12.6 Å². The van der Waals surface area contributed by atoms with Crippen molar-refractivity contribution in [1.82, 2.24) is 10.2 Å². The SMILES string of the molecule is CCNC(C)(CN(CC)CC1CCCO1)C(=O)OC. The molecule has 0 aliphatic carbocycles. The molecule has 5 heteroatoms. The van der Waals surface area contributed by atoms with Crippen molar-refractivity contribution >= 4 is 5.97 Å². The van der Waals surface area contributed by atoms with Crippen LogP contribution in [0.3, 0.4) is 0 Å². The van der Waals surface area contributed by atoms with E-state index in [1.165, 1.54) is 7.11 Å². The first kappa shape index (κ1) is 16.4. The first-order chi connectivity index (χ1) is 9.05. The number of rotatable bonds is 8. The maximum absolute atomic E-state index is 12.0. The molecule has 1 saturated heterocycles. The molecule has 0 amide bonds. The number of hydrogen-bond acceptors (Lipinski definition) is 5. The Hall–Kier alpha value is -0.650. The topological polar surface area (TPSA) is 50.8 Å². The summed E-state index contributed by atoms with van der Waals surface area (Å²) in [4.78, 5) is 14.2. The Morgan fingerprint density at radius 1 is 1.53 bits per heavy atom. The predicted molar refractivity (Wildman–Crippen MR) is 75.2 cm³/mol. The van der Waals surface area contributed by atoms with Crippen LogP contribution in [0.1, 0.15) is 33.6 Å². The van der Waals surface area contributed by atoms with Gasteiger partial charge in [0.2, 0.25) is 0 Å². The standard InChI is InChI=1S/C14H28N2O3/c1-5-15-14(3,13(17)18-4)11-16(6-2)10-12-8-7-9-19-12/h12,15H,5-11H2,1-4H3. The van der Waals surface area contributed by atoms with Crippen molar-refractivity contribution in [1.29, 1.82) is 0 Å². The molecule has 0 aromatic rings. The van der Waals surface area contributed by atoms with Gasteiger partial charge in [0.15, 0.2) is 0 Å². The van der Waals surface area contributed by atoms with Crippen LogP contribution in [0.2, 0.25) is 0 Å². The molecular formula is C14H28N2O3. The van der Waals surface area contributed by atoms with Crippen LogP contribution in [0.4, 0.5) is 0 Å². The van der Waals surface area contributed by atoms with E-state index >= 15 is 0 Å². The van der Waals surface area contributed by atoms with Crippen LogP contribution in [-0.2, 0) is 14.3 Å². The summed E-state index contributed by atoms with van der Waals surface area (Å²) in [6.45, 7) is 10.0. The molecule has 0 aromatic carbocycles. The molecule has 1 rings (SSSR count). The average molecular weight is 272 g/mol. The lowest BCUT2D eigenvalue weighted by Gasteiger charge is -2.34. The molecule has 5 nitrogen and oxygen atoms in total. The summed E-state index contributed by atoms with van der Waals surface area (Å²) >= 11 is 0. The third-order valence-corrected chi connectivity index (χ3v) is 3.68. The maximum Gasteiger partial charge on any atom is 0.327 e. The number of esters is 1. The maximum atomic E-state index is 12.0. The van der Waals surface area contributed by atoms with E-state index in [-0.39, 0.29) is 5.97 Å². The number of nitrogens with zero attached hydrogens (tertiary/aromatic N) is 1. The van der Waals surface area contributed by atoms with E-state index < -0.39 is 5.54 Å². The molecule has 1 aliphatic rings. The van der Waals surface area contributed by atoms with Crippen LogP contribution in [0.15, 0.2) is 0 Å². The molecule has 1 heterocycles. The molecule has 0 radical (unpaired) electrons. The average Bonchev–Trinajstić information content (AvgIpc) is 2.90. The van der Waals surface area contributed by atoms with Crippen LogP contribution in [0, 0.1) is 0 Å². The van der Waals surface area contributed by atoms with Crippen molar-refractivity contribution in [2.24, 2.45) is 0 Å². The van der Waals surface area contributed by atoms with Gasteiger partial charge in [-0.2, -0.15) is 0 Å². The monoisotopic (exact) mass is 272 g/mol. The molecule has 0 saturated carbocycles. The van der Waals surface area contributed by atoms with E-state index in [4.69, 9.17) is 9.47 Å². The summed E-state index contributed by atoms with van der Waals surface area (Å²) in [5, 5.41) is 3.24. The minimum Gasteiger partial charge on any atom is -0.468 e. The summed E-state index contributed by atoms with van der Waals surface area (Å²) in [5.74, 6) is -0.208. The van der Waals surface area contributed by atoms with E-state index in [1.807, 2.05) is 13.8 Å². The minimum atomic E-state index is -0.655. The van der Waals surface area contributed by atoms with Gasteiger partial charge in [-0.05, 0) is 32.9 Å². The van der Waals surface area contributed by atoms with Gasteiger partial charge in [0.25, 0.3) is 0 Å². The van der Waals surface area contributed by atoms with Crippen LogP contribution >= 0.6 is 0 Å². The first-order valence-electron chi connectivity index (χ1n) is 7.23. The number of carbonyl (C=O) groups excluding carboxylic acids is 1. The summed E-state index contributed by atoms with van der Waals surface area (Å²) in [6, 6.07) is 0. The van der Waals surface area contributed by atoms with E-state index in [9.17, 15) is 4.79 Å². The Kier molecular flexibility index (Phi) is 6.75.